The standard InChI is InChI=1S/C14H26N2O2/c1-11(17)8-13-4-2-3-7-16(13)10-14(18)15-9-12-5-6-12/h11-13,17H,2-10H2,1H3,(H,15,18). The lowest BCUT2D eigenvalue weighted by Gasteiger charge is -2.35. The number of piperidine rings is 1. The van der Waals surface area contributed by atoms with Gasteiger partial charge in [0.1, 0.15) is 0 Å². The number of likely N-dealkylation sites (tertiary alicyclic amines) is 1. The highest BCUT2D eigenvalue weighted by atomic mass is 16.3. The Morgan fingerprint density at radius 2 is 2.17 bits per heavy atom. The van der Waals surface area contributed by atoms with Gasteiger partial charge in [0, 0.05) is 12.6 Å². The van der Waals surface area contributed by atoms with E-state index in [9.17, 15) is 9.90 Å². The number of nitrogens with one attached hydrogen (secondary N) is 1. The SMILES string of the molecule is CC(O)CC1CCCCN1CC(=O)NCC1CC1. The van der Waals surface area contributed by atoms with Crippen LogP contribution in [0, 0.1) is 5.92 Å². The molecule has 2 N–H and O–H groups in total. The number of rotatable bonds is 6. The Labute approximate surface area is 110 Å². The number of aliphatic hydroxyl groups is 1. The van der Waals surface area contributed by atoms with Crippen molar-refractivity contribution in [3.63, 3.8) is 0 Å². The smallest absolute Gasteiger partial charge is 0.234 e. The molecule has 1 saturated heterocycles. The summed E-state index contributed by atoms with van der Waals surface area (Å²) in [6, 6.07) is 0.380. The summed E-state index contributed by atoms with van der Waals surface area (Å²) >= 11 is 0. The van der Waals surface area contributed by atoms with Gasteiger partial charge in [-0.1, -0.05) is 6.42 Å². The largest absolute Gasteiger partial charge is 0.393 e. The van der Waals surface area contributed by atoms with Crippen molar-refractivity contribution in [3.8, 4) is 0 Å². The third-order valence-corrected chi connectivity index (χ3v) is 3.99. The molecule has 1 aliphatic carbocycles. The summed E-state index contributed by atoms with van der Waals surface area (Å²) in [5.74, 6) is 0.892. The first-order valence-corrected chi connectivity index (χ1v) is 7.34. The fourth-order valence-corrected chi connectivity index (χ4v) is 2.75. The summed E-state index contributed by atoms with van der Waals surface area (Å²) in [5, 5.41) is 12.5. The Kier molecular flexibility index (Phi) is 5.01. The van der Waals surface area contributed by atoms with E-state index in [0.717, 1.165) is 31.8 Å². The highest BCUT2D eigenvalue weighted by Crippen LogP contribution is 2.27. The maximum atomic E-state index is 11.9. The molecule has 2 rings (SSSR count). The zero-order chi connectivity index (χ0) is 13.0. The first-order valence-electron chi connectivity index (χ1n) is 7.34. The number of carbonyl (C=O) groups is 1. The van der Waals surface area contributed by atoms with Crippen LogP contribution in [0.3, 0.4) is 0 Å². The third-order valence-electron chi connectivity index (χ3n) is 3.99. The fourth-order valence-electron chi connectivity index (χ4n) is 2.75. The predicted octanol–water partition coefficient (Wildman–Crippen LogP) is 1.14. The minimum Gasteiger partial charge on any atom is -0.393 e. The van der Waals surface area contributed by atoms with Gasteiger partial charge in [-0.25, -0.2) is 0 Å². The normalized spacial score (nSPS) is 26.9. The van der Waals surface area contributed by atoms with Crippen molar-refractivity contribution in [2.24, 2.45) is 5.92 Å². The molecule has 1 aliphatic heterocycles. The summed E-state index contributed by atoms with van der Waals surface area (Å²) in [6.07, 6.45) is 6.56. The topological polar surface area (TPSA) is 52.6 Å². The highest BCUT2D eigenvalue weighted by Gasteiger charge is 2.26. The van der Waals surface area contributed by atoms with Crippen LogP contribution >= 0.6 is 0 Å². The lowest BCUT2D eigenvalue weighted by molar-refractivity contribution is -0.123. The van der Waals surface area contributed by atoms with Crippen molar-refractivity contribution >= 4 is 5.91 Å². The molecule has 0 aromatic heterocycles. The molecule has 4 heteroatoms. The lowest BCUT2D eigenvalue weighted by atomic mass is 9.97. The van der Waals surface area contributed by atoms with Crippen LogP contribution in [0.25, 0.3) is 0 Å². The quantitative estimate of drug-likeness (QED) is 0.747. The molecule has 0 aromatic carbocycles. The van der Waals surface area contributed by atoms with Crippen LogP contribution < -0.4 is 5.32 Å². The van der Waals surface area contributed by atoms with Gasteiger partial charge < -0.3 is 10.4 Å². The second kappa shape index (κ2) is 6.53. The van der Waals surface area contributed by atoms with Crippen LogP contribution in [0.2, 0.25) is 0 Å². The van der Waals surface area contributed by atoms with E-state index in [4.69, 9.17) is 0 Å². The highest BCUT2D eigenvalue weighted by molar-refractivity contribution is 5.78. The molecule has 1 heterocycles. The molecular formula is C14H26N2O2. The molecule has 2 aliphatic rings. The summed E-state index contributed by atoms with van der Waals surface area (Å²) in [7, 11) is 0. The van der Waals surface area contributed by atoms with E-state index >= 15 is 0 Å². The van der Waals surface area contributed by atoms with Crippen LogP contribution in [0.15, 0.2) is 0 Å². The number of aliphatic hydroxyl groups excluding tert-OH is 1. The van der Waals surface area contributed by atoms with E-state index in [2.05, 4.69) is 10.2 Å². The van der Waals surface area contributed by atoms with Crippen molar-refractivity contribution in [3.05, 3.63) is 0 Å². The lowest BCUT2D eigenvalue weighted by Crippen LogP contribution is -2.46. The summed E-state index contributed by atoms with van der Waals surface area (Å²) in [5.41, 5.74) is 0. The van der Waals surface area contributed by atoms with Crippen LogP contribution in [-0.2, 0) is 4.79 Å². The number of carbonyl (C=O) groups excluding carboxylic acids is 1. The molecule has 0 bridgehead atoms. The average Bonchev–Trinajstić information content (AvgIpc) is 3.12. The Bertz CT molecular complexity index is 277. The maximum Gasteiger partial charge on any atom is 0.234 e. The molecular weight excluding hydrogens is 228 g/mol. The van der Waals surface area contributed by atoms with Gasteiger partial charge in [0.25, 0.3) is 0 Å². The van der Waals surface area contributed by atoms with E-state index in [1.807, 2.05) is 6.92 Å². The number of hydrogen-bond donors (Lipinski definition) is 2. The Hall–Kier alpha value is -0.610. The van der Waals surface area contributed by atoms with E-state index in [1.54, 1.807) is 0 Å². The molecule has 4 nitrogen and oxygen atoms in total. The minimum absolute atomic E-state index is 0.152. The molecule has 0 radical (unpaired) electrons. The van der Waals surface area contributed by atoms with Crippen LogP contribution in [0.5, 0.6) is 0 Å². The van der Waals surface area contributed by atoms with Crippen LogP contribution in [-0.4, -0.2) is 47.7 Å². The monoisotopic (exact) mass is 254 g/mol. The molecule has 1 amide bonds. The number of hydrogen-bond acceptors (Lipinski definition) is 3. The average molecular weight is 254 g/mol. The zero-order valence-corrected chi connectivity index (χ0v) is 11.4. The van der Waals surface area contributed by atoms with Crippen molar-refractivity contribution in [1.29, 1.82) is 0 Å². The number of amides is 1. The van der Waals surface area contributed by atoms with Crippen molar-refractivity contribution < 1.29 is 9.90 Å². The summed E-state index contributed by atoms with van der Waals surface area (Å²) in [4.78, 5) is 14.1. The molecule has 2 atom stereocenters. The molecule has 0 aromatic rings. The van der Waals surface area contributed by atoms with Crippen molar-refractivity contribution in [2.75, 3.05) is 19.6 Å². The Morgan fingerprint density at radius 1 is 1.39 bits per heavy atom. The van der Waals surface area contributed by atoms with Crippen LogP contribution in [0.4, 0.5) is 0 Å². The minimum atomic E-state index is -0.273. The Balaban J connectivity index is 1.74. The van der Waals surface area contributed by atoms with Crippen molar-refractivity contribution in [1.82, 2.24) is 10.2 Å². The van der Waals surface area contributed by atoms with Gasteiger partial charge in [0.15, 0.2) is 0 Å². The predicted molar refractivity (Wildman–Crippen MR) is 71.2 cm³/mol. The Morgan fingerprint density at radius 3 is 2.83 bits per heavy atom. The van der Waals surface area contributed by atoms with Gasteiger partial charge in [-0.3, -0.25) is 9.69 Å². The molecule has 18 heavy (non-hydrogen) atoms. The first-order chi connectivity index (χ1) is 8.65. The van der Waals surface area contributed by atoms with Gasteiger partial charge in [-0.05, 0) is 51.5 Å². The second-order valence-corrected chi connectivity index (χ2v) is 5.95. The van der Waals surface area contributed by atoms with Crippen LogP contribution in [0.1, 0.15) is 45.4 Å². The molecule has 0 spiro atoms. The summed E-state index contributed by atoms with van der Waals surface area (Å²) in [6.45, 7) is 4.19. The fraction of sp³-hybridized carbons (Fsp3) is 0.929. The second-order valence-electron chi connectivity index (χ2n) is 5.95. The van der Waals surface area contributed by atoms with Gasteiger partial charge in [-0.2, -0.15) is 0 Å². The van der Waals surface area contributed by atoms with E-state index in [1.165, 1.54) is 25.7 Å². The molecule has 1 saturated carbocycles. The van der Waals surface area contributed by atoms with Gasteiger partial charge in [-0.15, -0.1) is 0 Å². The molecule has 2 unspecified atom stereocenters. The van der Waals surface area contributed by atoms with E-state index in [-0.39, 0.29) is 12.0 Å². The zero-order valence-electron chi connectivity index (χ0n) is 11.4. The third kappa shape index (κ3) is 4.58. The first kappa shape index (κ1) is 13.8. The van der Waals surface area contributed by atoms with E-state index in [0.29, 0.717) is 12.6 Å². The van der Waals surface area contributed by atoms with E-state index < -0.39 is 0 Å². The maximum absolute atomic E-state index is 11.9. The van der Waals surface area contributed by atoms with Gasteiger partial charge >= 0.3 is 0 Å². The molecule has 104 valence electrons. The number of nitrogens with zero attached hydrogens (tertiary/aromatic N) is 1. The molecule has 2 fully saturated rings. The van der Waals surface area contributed by atoms with Gasteiger partial charge in [0.05, 0.1) is 12.6 Å². The van der Waals surface area contributed by atoms with Crippen molar-refractivity contribution in [2.45, 2.75) is 57.6 Å². The van der Waals surface area contributed by atoms with Gasteiger partial charge in [0.2, 0.25) is 5.91 Å². The summed E-state index contributed by atoms with van der Waals surface area (Å²) < 4.78 is 0.